The maximum Gasteiger partial charge on any atom is 0.159 e. The van der Waals surface area contributed by atoms with Crippen molar-refractivity contribution in [3.8, 4) is 5.75 Å². The molecule has 0 bridgehead atoms. The molecule has 0 fully saturated rings. The summed E-state index contributed by atoms with van der Waals surface area (Å²) in [7, 11) is 0. The first-order chi connectivity index (χ1) is 8.54. The molecular weight excluding hydrogens is 233 g/mol. The minimum atomic E-state index is -0.469. The predicted molar refractivity (Wildman–Crippen MR) is 67.8 cm³/mol. The van der Waals surface area contributed by atoms with Crippen LogP contribution in [0.5, 0.6) is 5.75 Å². The fourth-order valence-electron chi connectivity index (χ4n) is 1.58. The highest BCUT2D eigenvalue weighted by molar-refractivity contribution is 5.95. The summed E-state index contributed by atoms with van der Waals surface area (Å²) < 4.78 is 13.3. The Morgan fingerprint density at radius 1 is 1.11 bits per heavy atom. The van der Waals surface area contributed by atoms with Crippen LogP contribution in [-0.2, 0) is 0 Å². The first-order valence-corrected chi connectivity index (χ1v) is 5.42. The van der Waals surface area contributed by atoms with Crippen molar-refractivity contribution >= 4 is 17.2 Å². The number of rotatable bonds is 3. The number of benzene rings is 2. The van der Waals surface area contributed by atoms with Gasteiger partial charge in [0.15, 0.2) is 5.78 Å². The first-order valence-electron chi connectivity index (χ1n) is 5.42. The van der Waals surface area contributed by atoms with Crippen LogP contribution >= 0.6 is 0 Å². The van der Waals surface area contributed by atoms with Crippen LogP contribution in [0, 0.1) is 5.82 Å². The molecule has 2 rings (SSSR count). The van der Waals surface area contributed by atoms with E-state index in [4.69, 9.17) is 5.11 Å². The second kappa shape index (κ2) is 4.87. The van der Waals surface area contributed by atoms with Crippen LogP contribution in [0.25, 0.3) is 0 Å². The van der Waals surface area contributed by atoms with Crippen LogP contribution in [0.2, 0.25) is 0 Å². The number of phenols is 1. The van der Waals surface area contributed by atoms with E-state index in [1.54, 1.807) is 18.2 Å². The Morgan fingerprint density at radius 2 is 1.78 bits per heavy atom. The number of Topliss-reactive ketones (excluding diaryl/α,β-unsaturated/α-hetero) is 1. The van der Waals surface area contributed by atoms with Crippen molar-refractivity contribution in [1.82, 2.24) is 0 Å². The topological polar surface area (TPSA) is 49.3 Å². The standard InChI is InChI=1S/C14H12FNO2/c1-9(17)10-6-11(15)8-13(7-10)16-12-2-4-14(18)5-3-12/h2-8,16,18H,1H3. The molecule has 2 aromatic rings. The number of ketones is 1. The van der Waals surface area contributed by atoms with Gasteiger partial charge in [0.2, 0.25) is 0 Å². The van der Waals surface area contributed by atoms with E-state index in [9.17, 15) is 9.18 Å². The third-order valence-corrected chi connectivity index (χ3v) is 2.46. The molecule has 2 N–H and O–H groups in total. The molecule has 2 aromatic carbocycles. The van der Waals surface area contributed by atoms with E-state index < -0.39 is 5.82 Å². The average molecular weight is 245 g/mol. The number of carbonyl (C=O) groups excluding carboxylic acids is 1. The van der Waals surface area contributed by atoms with Gasteiger partial charge in [-0.25, -0.2) is 4.39 Å². The SMILES string of the molecule is CC(=O)c1cc(F)cc(Nc2ccc(O)cc2)c1. The molecule has 0 aromatic heterocycles. The van der Waals surface area contributed by atoms with Crippen LogP contribution in [0.4, 0.5) is 15.8 Å². The second-order valence-corrected chi connectivity index (χ2v) is 3.96. The van der Waals surface area contributed by atoms with Gasteiger partial charge < -0.3 is 10.4 Å². The number of carbonyl (C=O) groups is 1. The summed E-state index contributed by atoms with van der Waals surface area (Å²) in [6, 6.07) is 10.4. The lowest BCUT2D eigenvalue weighted by molar-refractivity contribution is 0.101. The van der Waals surface area contributed by atoms with Crippen LogP contribution in [0.15, 0.2) is 42.5 Å². The number of hydrogen-bond donors (Lipinski definition) is 2. The summed E-state index contributed by atoms with van der Waals surface area (Å²) in [5.41, 5.74) is 1.51. The molecule has 0 aliphatic heterocycles. The molecule has 0 amide bonds. The fraction of sp³-hybridized carbons (Fsp3) is 0.0714. The predicted octanol–water partition coefficient (Wildman–Crippen LogP) is 3.48. The van der Waals surface area contributed by atoms with Crippen molar-refractivity contribution in [2.45, 2.75) is 6.92 Å². The van der Waals surface area contributed by atoms with Crippen LogP contribution in [-0.4, -0.2) is 10.9 Å². The van der Waals surface area contributed by atoms with E-state index in [-0.39, 0.29) is 11.5 Å². The van der Waals surface area contributed by atoms with E-state index in [1.165, 1.54) is 31.2 Å². The molecule has 0 heterocycles. The number of nitrogens with one attached hydrogen (secondary N) is 1. The quantitative estimate of drug-likeness (QED) is 0.643. The molecule has 3 nitrogen and oxygen atoms in total. The van der Waals surface area contributed by atoms with Gasteiger partial charge in [0, 0.05) is 16.9 Å². The smallest absolute Gasteiger partial charge is 0.159 e. The Morgan fingerprint density at radius 3 is 2.39 bits per heavy atom. The highest BCUT2D eigenvalue weighted by Gasteiger charge is 2.05. The van der Waals surface area contributed by atoms with E-state index in [2.05, 4.69) is 5.32 Å². The highest BCUT2D eigenvalue weighted by atomic mass is 19.1. The Balaban J connectivity index is 2.28. The summed E-state index contributed by atoms with van der Waals surface area (Å²) in [6.07, 6.45) is 0. The van der Waals surface area contributed by atoms with Crippen LogP contribution < -0.4 is 5.32 Å². The third kappa shape index (κ3) is 2.85. The summed E-state index contributed by atoms with van der Waals surface area (Å²) in [5.74, 6) is -0.503. The molecule has 0 spiro atoms. The highest BCUT2D eigenvalue weighted by Crippen LogP contribution is 2.21. The van der Waals surface area contributed by atoms with E-state index in [0.29, 0.717) is 16.9 Å². The van der Waals surface area contributed by atoms with E-state index >= 15 is 0 Å². The van der Waals surface area contributed by atoms with Crippen LogP contribution in [0.1, 0.15) is 17.3 Å². The summed E-state index contributed by atoms with van der Waals surface area (Å²) >= 11 is 0. The largest absolute Gasteiger partial charge is 0.508 e. The number of halogens is 1. The molecule has 0 saturated heterocycles. The third-order valence-electron chi connectivity index (χ3n) is 2.46. The number of phenolic OH excluding ortho intramolecular Hbond substituents is 1. The van der Waals surface area contributed by atoms with Crippen molar-refractivity contribution in [2.75, 3.05) is 5.32 Å². The molecule has 4 heteroatoms. The zero-order chi connectivity index (χ0) is 13.1. The van der Waals surface area contributed by atoms with Gasteiger partial charge in [-0.05, 0) is 49.4 Å². The monoisotopic (exact) mass is 245 g/mol. The van der Waals surface area contributed by atoms with Crippen molar-refractivity contribution in [2.24, 2.45) is 0 Å². The number of aromatic hydroxyl groups is 1. The summed E-state index contributed by atoms with van der Waals surface area (Å²) in [6.45, 7) is 1.39. The number of anilines is 2. The second-order valence-electron chi connectivity index (χ2n) is 3.96. The average Bonchev–Trinajstić information content (AvgIpc) is 2.31. The Hall–Kier alpha value is -2.36. The van der Waals surface area contributed by atoms with Gasteiger partial charge in [0.05, 0.1) is 0 Å². The van der Waals surface area contributed by atoms with Gasteiger partial charge in [-0.15, -0.1) is 0 Å². The lowest BCUT2D eigenvalue weighted by atomic mass is 10.1. The Bertz CT molecular complexity index is 579. The van der Waals surface area contributed by atoms with Gasteiger partial charge in [0.25, 0.3) is 0 Å². The normalized spacial score (nSPS) is 10.1. The molecule has 0 saturated carbocycles. The molecule has 0 radical (unpaired) electrons. The van der Waals surface area contributed by atoms with Crippen molar-refractivity contribution in [3.63, 3.8) is 0 Å². The Kier molecular flexibility index (Phi) is 3.28. The minimum Gasteiger partial charge on any atom is -0.508 e. The molecule has 92 valence electrons. The summed E-state index contributed by atoms with van der Waals surface area (Å²) in [5, 5.41) is 12.1. The zero-order valence-corrected chi connectivity index (χ0v) is 9.77. The van der Waals surface area contributed by atoms with Crippen molar-refractivity contribution in [1.29, 1.82) is 0 Å². The maximum atomic E-state index is 13.3. The zero-order valence-electron chi connectivity index (χ0n) is 9.77. The van der Waals surface area contributed by atoms with E-state index in [0.717, 1.165) is 0 Å². The lowest BCUT2D eigenvalue weighted by Crippen LogP contribution is -1.97. The van der Waals surface area contributed by atoms with Gasteiger partial charge in [-0.2, -0.15) is 0 Å². The van der Waals surface area contributed by atoms with Gasteiger partial charge in [0.1, 0.15) is 11.6 Å². The number of hydrogen-bond acceptors (Lipinski definition) is 3. The minimum absolute atomic E-state index is 0.157. The van der Waals surface area contributed by atoms with Crippen molar-refractivity contribution < 1.29 is 14.3 Å². The molecular formula is C14H12FNO2. The lowest BCUT2D eigenvalue weighted by Gasteiger charge is -2.08. The fourth-order valence-corrected chi connectivity index (χ4v) is 1.58. The van der Waals surface area contributed by atoms with Crippen LogP contribution in [0.3, 0.4) is 0 Å². The van der Waals surface area contributed by atoms with Gasteiger partial charge >= 0.3 is 0 Å². The summed E-state index contributed by atoms with van der Waals surface area (Å²) in [4.78, 5) is 11.2. The Labute approximate surface area is 104 Å². The molecule has 0 unspecified atom stereocenters. The first kappa shape index (κ1) is 12.1. The maximum absolute atomic E-state index is 13.3. The molecule has 18 heavy (non-hydrogen) atoms. The van der Waals surface area contributed by atoms with Gasteiger partial charge in [-0.3, -0.25) is 4.79 Å². The van der Waals surface area contributed by atoms with Crippen molar-refractivity contribution in [3.05, 3.63) is 53.8 Å². The molecule has 0 aliphatic rings. The van der Waals surface area contributed by atoms with Gasteiger partial charge in [-0.1, -0.05) is 0 Å². The van der Waals surface area contributed by atoms with E-state index in [1.807, 2.05) is 0 Å². The molecule has 0 aliphatic carbocycles. The molecule has 0 atom stereocenters.